The lowest BCUT2D eigenvalue weighted by molar-refractivity contribution is -0.139. The highest BCUT2D eigenvalue weighted by Gasteiger charge is 2.23. The van der Waals surface area contributed by atoms with Gasteiger partial charge in [-0.15, -0.1) is 0 Å². The molecule has 0 aliphatic carbocycles. The summed E-state index contributed by atoms with van der Waals surface area (Å²) in [6.45, 7) is 2.09. The number of hydrogen-bond acceptors (Lipinski definition) is 4. The summed E-state index contributed by atoms with van der Waals surface area (Å²) >= 11 is 0. The Morgan fingerprint density at radius 2 is 2.19 bits per heavy atom. The van der Waals surface area contributed by atoms with Crippen LogP contribution in [0.2, 0.25) is 0 Å². The molecule has 0 fully saturated rings. The lowest BCUT2D eigenvalue weighted by Gasteiger charge is -2.20. The van der Waals surface area contributed by atoms with Gasteiger partial charge in [0.25, 0.3) is 0 Å². The number of H-pyrrole nitrogens is 1. The van der Waals surface area contributed by atoms with Crippen molar-refractivity contribution in [2.45, 2.75) is 19.4 Å². The molecule has 0 bridgehead atoms. The van der Waals surface area contributed by atoms with Gasteiger partial charge in [0.05, 0.1) is 6.33 Å². The lowest BCUT2D eigenvalue weighted by atomic mass is 10.1. The van der Waals surface area contributed by atoms with Gasteiger partial charge >= 0.3 is 12.0 Å². The largest absolute Gasteiger partial charge is 0.480 e. The van der Waals surface area contributed by atoms with E-state index in [2.05, 4.69) is 20.6 Å². The predicted molar refractivity (Wildman–Crippen MR) is 73.6 cm³/mol. The first-order valence-corrected chi connectivity index (χ1v) is 6.42. The Bertz CT molecular complexity index is 488. The van der Waals surface area contributed by atoms with Crippen LogP contribution in [0.15, 0.2) is 12.5 Å². The highest BCUT2D eigenvalue weighted by molar-refractivity contribution is 5.86. The number of aliphatic carboxylic acids is 1. The van der Waals surface area contributed by atoms with Crippen molar-refractivity contribution >= 4 is 17.9 Å². The van der Waals surface area contributed by atoms with Crippen molar-refractivity contribution in [3.8, 4) is 0 Å². The highest BCUT2D eigenvalue weighted by atomic mass is 16.4. The van der Waals surface area contributed by atoms with E-state index in [-0.39, 0.29) is 18.9 Å². The average Bonchev–Trinajstić information content (AvgIpc) is 2.90. The molecule has 0 saturated heterocycles. The van der Waals surface area contributed by atoms with Gasteiger partial charge < -0.3 is 25.6 Å². The first kappa shape index (κ1) is 16.5. The number of carbonyl (C=O) groups excluding carboxylic acids is 2. The van der Waals surface area contributed by atoms with Gasteiger partial charge in [0.1, 0.15) is 12.6 Å². The first-order chi connectivity index (χ1) is 9.93. The van der Waals surface area contributed by atoms with Gasteiger partial charge in [0.15, 0.2) is 0 Å². The maximum Gasteiger partial charge on any atom is 0.326 e. The zero-order chi connectivity index (χ0) is 15.8. The molecule has 3 amide bonds. The van der Waals surface area contributed by atoms with Gasteiger partial charge in [-0.1, -0.05) is 0 Å². The smallest absolute Gasteiger partial charge is 0.326 e. The van der Waals surface area contributed by atoms with Crippen molar-refractivity contribution in [3.05, 3.63) is 18.2 Å². The van der Waals surface area contributed by atoms with Crippen LogP contribution in [0, 0.1) is 0 Å². The molecule has 0 unspecified atom stereocenters. The second-order valence-corrected chi connectivity index (χ2v) is 4.43. The second-order valence-electron chi connectivity index (χ2n) is 4.43. The molecule has 116 valence electrons. The molecule has 1 atom stereocenters. The second kappa shape index (κ2) is 7.88. The molecule has 21 heavy (non-hydrogen) atoms. The summed E-state index contributed by atoms with van der Waals surface area (Å²) in [5.41, 5.74) is 0.592. The standard InChI is InChI=1S/C12H19N5O4/c1-3-14-10(18)6-17(2)12(21)16-9(11(19)20)4-8-5-13-7-15-8/h5,7,9H,3-4,6H2,1-2H3,(H,13,15)(H,14,18)(H,16,21)(H,19,20)/t9-/m1/s1. The number of aromatic nitrogens is 2. The quantitative estimate of drug-likeness (QED) is 0.523. The number of imidazole rings is 1. The molecule has 0 spiro atoms. The van der Waals surface area contributed by atoms with Crippen molar-refractivity contribution in [1.82, 2.24) is 25.5 Å². The van der Waals surface area contributed by atoms with Crippen LogP contribution in [-0.2, 0) is 16.0 Å². The van der Waals surface area contributed by atoms with Gasteiger partial charge in [-0.25, -0.2) is 14.6 Å². The Morgan fingerprint density at radius 1 is 1.48 bits per heavy atom. The number of carbonyl (C=O) groups is 3. The Morgan fingerprint density at radius 3 is 2.71 bits per heavy atom. The van der Waals surface area contributed by atoms with Gasteiger partial charge in [0, 0.05) is 31.9 Å². The van der Waals surface area contributed by atoms with E-state index in [1.54, 1.807) is 6.92 Å². The minimum absolute atomic E-state index is 0.0794. The minimum atomic E-state index is -1.16. The fourth-order valence-electron chi connectivity index (χ4n) is 1.62. The number of likely N-dealkylation sites (N-methyl/N-ethyl adjacent to an activating group) is 2. The maximum atomic E-state index is 11.9. The summed E-state index contributed by atoms with van der Waals surface area (Å²) in [6.07, 6.45) is 2.99. The summed E-state index contributed by atoms with van der Waals surface area (Å²) in [7, 11) is 1.42. The molecular weight excluding hydrogens is 278 g/mol. The highest BCUT2D eigenvalue weighted by Crippen LogP contribution is 2.00. The predicted octanol–water partition coefficient (Wildman–Crippen LogP) is -0.817. The molecule has 1 rings (SSSR count). The average molecular weight is 297 g/mol. The molecule has 0 aliphatic heterocycles. The van der Waals surface area contributed by atoms with Gasteiger partial charge in [-0.3, -0.25) is 4.79 Å². The van der Waals surface area contributed by atoms with E-state index in [0.717, 1.165) is 4.90 Å². The van der Waals surface area contributed by atoms with Crippen LogP contribution >= 0.6 is 0 Å². The monoisotopic (exact) mass is 297 g/mol. The molecule has 1 aromatic heterocycles. The summed E-state index contributed by atoms with van der Waals surface area (Å²) in [6, 6.07) is -1.73. The molecule has 9 heteroatoms. The molecule has 4 N–H and O–H groups in total. The number of amides is 3. The van der Waals surface area contributed by atoms with E-state index >= 15 is 0 Å². The SMILES string of the molecule is CCNC(=O)CN(C)C(=O)N[C@H](Cc1cnc[nH]1)C(=O)O. The number of rotatable bonds is 7. The van der Waals surface area contributed by atoms with Gasteiger partial charge in [-0.2, -0.15) is 0 Å². The lowest BCUT2D eigenvalue weighted by Crippen LogP contribution is -2.49. The van der Waals surface area contributed by atoms with Gasteiger partial charge in [0.2, 0.25) is 5.91 Å². The van der Waals surface area contributed by atoms with Crippen LogP contribution in [-0.4, -0.2) is 64.1 Å². The van der Waals surface area contributed by atoms with Crippen LogP contribution < -0.4 is 10.6 Å². The Kier molecular flexibility index (Phi) is 6.18. The molecule has 0 aliphatic rings. The molecular formula is C12H19N5O4. The summed E-state index contributed by atoms with van der Waals surface area (Å²) in [5, 5.41) is 14.0. The number of aromatic amines is 1. The van der Waals surface area contributed by atoms with Gasteiger partial charge in [-0.05, 0) is 6.92 Å². The normalized spacial score (nSPS) is 11.5. The van der Waals surface area contributed by atoms with Crippen molar-refractivity contribution in [2.75, 3.05) is 20.1 Å². The van der Waals surface area contributed by atoms with E-state index in [4.69, 9.17) is 5.11 Å². The number of carboxylic acids is 1. The zero-order valence-electron chi connectivity index (χ0n) is 11.9. The van der Waals surface area contributed by atoms with E-state index < -0.39 is 18.0 Å². The molecule has 1 heterocycles. The van der Waals surface area contributed by atoms with Crippen LogP contribution in [0.4, 0.5) is 4.79 Å². The number of urea groups is 1. The summed E-state index contributed by atoms with van der Waals surface area (Å²) in [5.74, 6) is -1.47. The summed E-state index contributed by atoms with van der Waals surface area (Å²) < 4.78 is 0. The van der Waals surface area contributed by atoms with Crippen LogP contribution in [0.3, 0.4) is 0 Å². The summed E-state index contributed by atoms with van der Waals surface area (Å²) in [4.78, 5) is 42.1. The van der Waals surface area contributed by atoms with Crippen molar-refractivity contribution in [2.24, 2.45) is 0 Å². The topological polar surface area (TPSA) is 127 Å². The number of nitrogens with zero attached hydrogens (tertiary/aromatic N) is 2. The molecule has 0 aromatic carbocycles. The molecule has 0 radical (unpaired) electrons. The molecule has 9 nitrogen and oxygen atoms in total. The van der Waals surface area contributed by atoms with Crippen LogP contribution in [0.5, 0.6) is 0 Å². The minimum Gasteiger partial charge on any atom is -0.480 e. The van der Waals surface area contributed by atoms with Crippen molar-refractivity contribution in [1.29, 1.82) is 0 Å². The van der Waals surface area contributed by atoms with E-state index in [0.29, 0.717) is 12.2 Å². The Balaban J connectivity index is 2.55. The number of hydrogen-bond donors (Lipinski definition) is 4. The van der Waals surface area contributed by atoms with Crippen LogP contribution in [0.25, 0.3) is 0 Å². The fourth-order valence-corrected chi connectivity index (χ4v) is 1.62. The van der Waals surface area contributed by atoms with E-state index in [1.165, 1.54) is 19.6 Å². The number of carboxylic acid groups (broad SMARTS) is 1. The maximum absolute atomic E-state index is 11.9. The first-order valence-electron chi connectivity index (χ1n) is 6.42. The van der Waals surface area contributed by atoms with Crippen LogP contribution in [0.1, 0.15) is 12.6 Å². The van der Waals surface area contributed by atoms with E-state index in [9.17, 15) is 14.4 Å². The Hall–Kier alpha value is -2.58. The number of nitrogens with one attached hydrogen (secondary N) is 3. The van der Waals surface area contributed by atoms with Crippen molar-refractivity contribution < 1.29 is 19.5 Å². The van der Waals surface area contributed by atoms with E-state index in [1.807, 2.05) is 0 Å². The fraction of sp³-hybridized carbons (Fsp3) is 0.500. The van der Waals surface area contributed by atoms with Crippen molar-refractivity contribution in [3.63, 3.8) is 0 Å². The molecule has 1 aromatic rings. The molecule has 0 saturated carbocycles. The Labute approximate surface area is 121 Å². The third kappa shape index (κ3) is 5.51. The third-order valence-corrected chi connectivity index (χ3v) is 2.68. The third-order valence-electron chi connectivity index (χ3n) is 2.68. The zero-order valence-corrected chi connectivity index (χ0v) is 11.9.